The van der Waals surface area contributed by atoms with Crippen LogP contribution >= 0.6 is 11.6 Å². The summed E-state index contributed by atoms with van der Waals surface area (Å²) in [5, 5.41) is 1.15. The van der Waals surface area contributed by atoms with Crippen LogP contribution in [0, 0.1) is 5.92 Å². The lowest BCUT2D eigenvalue weighted by molar-refractivity contribution is -0.139. The third kappa shape index (κ3) is 3.64. The molecule has 1 aromatic carbocycles. The van der Waals surface area contributed by atoms with Gasteiger partial charge in [0.25, 0.3) is 0 Å². The van der Waals surface area contributed by atoms with E-state index in [1.807, 2.05) is 6.92 Å². The summed E-state index contributed by atoms with van der Waals surface area (Å²) >= 11 is 6.30. The molecule has 5 heteroatoms. The zero-order chi connectivity index (χ0) is 17.1. The summed E-state index contributed by atoms with van der Waals surface area (Å²) < 4.78 is 10.8. The first-order valence-electron chi connectivity index (χ1n) is 8.56. The maximum Gasteiger partial charge on any atom is 0.336 e. The summed E-state index contributed by atoms with van der Waals surface area (Å²) in [6.45, 7) is 2.04. The van der Waals surface area contributed by atoms with Crippen LogP contribution in [0.5, 0.6) is 5.75 Å². The normalized spacial score (nSPS) is 15.6. The number of carbonyl (C=O) groups excluding carboxylic acids is 1. The molecule has 0 aliphatic heterocycles. The van der Waals surface area contributed by atoms with Gasteiger partial charge in [-0.25, -0.2) is 4.79 Å². The molecule has 1 aliphatic carbocycles. The lowest BCUT2D eigenvalue weighted by Crippen LogP contribution is -2.22. The summed E-state index contributed by atoms with van der Waals surface area (Å²) in [7, 11) is 0. The SMILES string of the molecule is CCCc1cc(=O)oc2cc(OC(=O)C3CCCCC3)c(Cl)cc12. The fourth-order valence-electron chi connectivity index (χ4n) is 3.31. The van der Waals surface area contributed by atoms with E-state index in [0.29, 0.717) is 10.6 Å². The monoisotopic (exact) mass is 348 g/mol. The van der Waals surface area contributed by atoms with E-state index in [2.05, 4.69) is 0 Å². The van der Waals surface area contributed by atoms with Gasteiger partial charge in [-0.05, 0) is 30.9 Å². The second-order valence-electron chi connectivity index (χ2n) is 6.38. The molecule has 0 spiro atoms. The van der Waals surface area contributed by atoms with Crippen molar-refractivity contribution in [1.82, 2.24) is 0 Å². The highest BCUT2D eigenvalue weighted by Gasteiger charge is 2.24. The standard InChI is InChI=1S/C19H21ClO4/c1-2-6-13-9-18(21)23-16-11-17(15(20)10-14(13)16)24-19(22)12-7-4-3-5-8-12/h9-12H,2-8H2,1H3. The van der Waals surface area contributed by atoms with E-state index in [1.54, 1.807) is 12.1 Å². The number of rotatable bonds is 4. The first kappa shape index (κ1) is 17.0. The molecule has 1 saturated carbocycles. The van der Waals surface area contributed by atoms with Crippen LogP contribution in [0.15, 0.2) is 27.4 Å². The van der Waals surface area contributed by atoms with Crippen molar-refractivity contribution in [2.24, 2.45) is 5.92 Å². The Kier molecular flexibility index (Phi) is 5.24. The molecule has 4 nitrogen and oxygen atoms in total. The molecule has 1 aromatic heterocycles. The molecule has 0 amide bonds. The van der Waals surface area contributed by atoms with Crippen molar-refractivity contribution < 1.29 is 13.9 Å². The van der Waals surface area contributed by atoms with Crippen molar-refractivity contribution in [3.8, 4) is 5.75 Å². The minimum Gasteiger partial charge on any atom is -0.425 e. The van der Waals surface area contributed by atoms with E-state index in [1.165, 1.54) is 12.5 Å². The van der Waals surface area contributed by atoms with Gasteiger partial charge < -0.3 is 9.15 Å². The third-order valence-electron chi connectivity index (χ3n) is 4.55. The van der Waals surface area contributed by atoms with Gasteiger partial charge >= 0.3 is 11.6 Å². The molecule has 128 valence electrons. The molecular formula is C19H21ClO4. The van der Waals surface area contributed by atoms with E-state index >= 15 is 0 Å². The van der Waals surface area contributed by atoms with Gasteiger partial charge in [-0.1, -0.05) is 44.2 Å². The molecule has 0 unspecified atom stereocenters. The number of hydrogen-bond acceptors (Lipinski definition) is 4. The number of halogens is 1. The third-order valence-corrected chi connectivity index (χ3v) is 4.85. The fourth-order valence-corrected chi connectivity index (χ4v) is 3.51. The van der Waals surface area contributed by atoms with Crippen LogP contribution in [0.2, 0.25) is 5.02 Å². The smallest absolute Gasteiger partial charge is 0.336 e. The minimum atomic E-state index is -0.405. The number of fused-ring (bicyclic) bond motifs is 1. The van der Waals surface area contributed by atoms with Crippen LogP contribution < -0.4 is 10.4 Å². The summed E-state index contributed by atoms with van der Waals surface area (Å²) in [4.78, 5) is 24.1. The quantitative estimate of drug-likeness (QED) is 0.448. The number of benzene rings is 1. The second kappa shape index (κ2) is 7.39. The summed E-state index contributed by atoms with van der Waals surface area (Å²) in [6.07, 6.45) is 6.68. The maximum absolute atomic E-state index is 12.3. The van der Waals surface area contributed by atoms with Gasteiger partial charge in [-0.2, -0.15) is 0 Å². The molecule has 1 heterocycles. The van der Waals surface area contributed by atoms with Crippen molar-refractivity contribution in [3.63, 3.8) is 0 Å². The number of ether oxygens (including phenoxy) is 1. The zero-order valence-corrected chi connectivity index (χ0v) is 14.5. The van der Waals surface area contributed by atoms with E-state index < -0.39 is 5.63 Å². The highest BCUT2D eigenvalue weighted by Crippen LogP contribution is 2.33. The molecule has 2 aromatic rings. The summed E-state index contributed by atoms with van der Waals surface area (Å²) in [5.74, 6) is -0.0523. The average molecular weight is 349 g/mol. The average Bonchev–Trinajstić information content (AvgIpc) is 2.57. The van der Waals surface area contributed by atoms with E-state index in [-0.39, 0.29) is 17.6 Å². The largest absolute Gasteiger partial charge is 0.425 e. The summed E-state index contributed by atoms with van der Waals surface area (Å²) in [5.41, 5.74) is 0.899. The Labute approximate surface area is 145 Å². The number of aryl methyl sites for hydroxylation is 1. The molecule has 24 heavy (non-hydrogen) atoms. The van der Waals surface area contributed by atoms with Crippen LogP contribution in [0.25, 0.3) is 11.0 Å². The van der Waals surface area contributed by atoms with Gasteiger partial charge in [-0.15, -0.1) is 0 Å². The minimum absolute atomic E-state index is 0.0658. The number of hydrogen-bond donors (Lipinski definition) is 0. The van der Waals surface area contributed by atoms with Crippen molar-refractivity contribution >= 4 is 28.5 Å². The van der Waals surface area contributed by atoms with Gasteiger partial charge in [-0.3, -0.25) is 4.79 Å². The molecule has 0 bridgehead atoms. The molecule has 1 fully saturated rings. The van der Waals surface area contributed by atoms with Crippen molar-refractivity contribution in [1.29, 1.82) is 0 Å². The molecule has 0 atom stereocenters. The Bertz CT molecular complexity index is 803. The Hall–Kier alpha value is -1.81. The number of carbonyl (C=O) groups is 1. The van der Waals surface area contributed by atoms with Gasteiger partial charge in [0.1, 0.15) is 5.58 Å². The Morgan fingerprint density at radius 1 is 1.25 bits per heavy atom. The van der Waals surface area contributed by atoms with Crippen molar-refractivity contribution in [2.75, 3.05) is 0 Å². The highest BCUT2D eigenvalue weighted by atomic mass is 35.5. The zero-order valence-electron chi connectivity index (χ0n) is 13.8. The van der Waals surface area contributed by atoms with Crippen molar-refractivity contribution in [3.05, 3.63) is 39.2 Å². The highest BCUT2D eigenvalue weighted by molar-refractivity contribution is 6.33. The Balaban J connectivity index is 1.92. The maximum atomic E-state index is 12.3. The Morgan fingerprint density at radius 2 is 2.00 bits per heavy atom. The van der Waals surface area contributed by atoms with Gasteiger partial charge in [0, 0.05) is 17.5 Å². The van der Waals surface area contributed by atoms with E-state index in [0.717, 1.165) is 49.5 Å². The molecular weight excluding hydrogens is 328 g/mol. The van der Waals surface area contributed by atoms with Crippen molar-refractivity contribution in [2.45, 2.75) is 51.9 Å². The second-order valence-corrected chi connectivity index (χ2v) is 6.78. The lowest BCUT2D eigenvalue weighted by atomic mass is 9.89. The topological polar surface area (TPSA) is 56.5 Å². The first-order chi connectivity index (χ1) is 11.6. The van der Waals surface area contributed by atoms with Gasteiger partial charge in [0.15, 0.2) is 5.75 Å². The molecule has 0 N–H and O–H groups in total. The summed E-state index contributed by atoms with van der Waals surface area (Å²) in [6, 6.07) is 4.77. The van der Waals surface area contributed by atoms with E-state index in [9.17, 15) is 9.59 Å². The van der Waals surface area contributed by atoms with Crippen LogP contribution in [0.3, 0.4) is 0 Å². The molecule has 0 radical (unpaired) electrons. The lowest BCUT2D eigenvalue weighted by Gasteiger charge is -2.20. The molecule has 1 aliphatic rings. The molecule has 0 saturated heterocycles. The molecule has 3 rings (SSSR count). The van der Waals surface area contributed by atoms with Crippen LogP contribution in [0.4, 0.5) is 0 Å². The Morgan fingerprint density at radius 3 is 2.71 bits per heavy atom. The number of esters is 1. The van der Waals surface area contributed by atoms with Crippen LogP contribution in [-0.2, 0) is 11.2 Å². The van der Waals surface area contributed by atoms with Gasteiger partial charge in [0.05, 0.1) is 10.9 Å². The van der Waals surface area contributed by atoms with E-state index in [4.69, 9.17) is 20.8 Å². The first-order valence-corrected chi connectivity index (χ1v) is 8.94. The predicted molar refractivity (Wildman–Crippen MR) is 93.7 cm³/mol. The fraction of sp³-hybridized carbons (Fsp3) is 0.474. The van der Waals surface area contributed by atoms with Gasteiger partial charge in [0.2, 0.25) is 0 Å². The van der Waals surface area contributed by atoms with Crippen LogP contribution in [-0.4, -0.2) is 5.97 Å². The predicted octanol–water partition coefficient (Wildman–Crippen LogP) is 4.88. The van der Waals surface area contributed by atoms with Crippen LogP contribution in [0.1, 0.15) is 51.0 Å².